The molecule has 0 spiro atoms. The van der Waals surface area contributed by atoms with Gasteiger partial charge in [0.25, 0.3) is 0 Å². The molecule has 1 saturated heterocycles. The molecule has 1 atom stereocenters. The van der Waals surface area contributed by atoms with Gasteiger partial charge in [-0.25, -0.2) is 0 Å². The first-order chi connectivity index (χ1) is 9.26. The summed E-state index contributed by atoms with van der Waals surface area (Å²) >= 11 is 3.54. The minimum Gasteiger partial charge on any atom is -0.496 e. The van der Waals surface area contributed by atoms with Gasteiger partial charge in [-0.3, -0.25) is 0 Å². The first-order valence-electron chi connectivity index (χ1n) is 6.76. The molecule has 0 aromatic heterocycles. The molecule has 2 aromatic rings. The molecule has 1 fully saturated rings. The Kier molecular flexibility index (Phi) is 3.76. The van der Waals surface area contributed by atoms with Crippen LogP contribution >= 0.6 is 15.9 Å². The van der Waals surface area contributed by atoms with Crippen molar-refractivity contribution >= 4 is 26.7 Å². The molecule has 1 N–H and O–H groups in total. The van der Waals surface area contributed by atoms with E-state index in [0.717, 1.165) is 23.2 Å². The molecule has 0 radical (unpaired) electrons. The highest BCUT2D eigenvalue weighted by Crippen LogP contribution is 2.29. The van der Waals surface area contributed by atoms with Crippen LogP contribution in [-0.4, -0.2) is 19.7 Å². The van der Waals surface area contributed by atoms with E-state index in [9.17, 15) is 0 Å². The maximum Gasteiger partial charge on any atom is 0.122 e. The number of benzene rings is 2. The number of nitrogens with one attached hydrogen (secondary N) is 1. The molecular formula is C16H18BrNO. The van der Waals surface area contributed by atoms with Gasteiger partial charge < -0.3 is 10.1 Å². The second-order valence-corrected chi connectivity index (χ2v) is 6.07. The molecule has 0 amide bonds. The van der Waals surface area contributed by atoms with Gasteiger partial charge in [0.2, 0.25) is 0 Å². The Bertz CT molecular complexity index is 591. The summed E-state index contributed by atoms with van der Waals surface area (Å²) in [4.78, 5) is 0. The number of hydrogen-bond acceptors (Lipinski definition) is 2. The third-order valence-corrected chi connectivity index (χ3v) is 4.32. The lowest BCUT2D eigenvalue weighted by Crippen LogP contribution is -2.23. The van der Waals surface area contributed by atoms with Crippen molar-refractivity contribution in [1.82, 2.24) is 5.32 Å². The molecule has 1 aliphatic heterocycles. The van der Waals surface area contributed by atoms with E-state index in [0.29, 0.717) is 6.04 Å². The Morgan fingerprint density at radius 2 is 2.16 bits per heavy atom. The summed E-state index contributed by atoms with van der Waals surface area (Å²) in [6, 6.07) is 11.4. The van der Waals surface area contributed by atoms with Gasteiger partial charge >= 0.3 is 0 Å². The van der Waals surface area contributed by atoms with E-state index in [1.165, 1.54) is 29.2 Å². The van der Waals surface area contributed by atoms with Crippen molar-refractivity contribution in [3.8, 4) is 5.75 Å². The normalized spacial score (nSPS) is 18.9. The summed E-state index contributed by atoms with van der Waals surface area (Å²) in [5.41, 5.74) is 1.30. The number of fused-ring (bicyclic) bond motifs is 1. The predicted octanol–water partition coefficient (Wildman–Crippen LogP) is 3.91. The van der Waals surface area contributed by atoms with Crippen LogP contribution in [0.5, 0.6) is 5.75 Å². The van der Waals surface area contributed by atoms with Gasteiger partial charge in [0.05, 0.1) is 7.11 Å². The zero-order valence-electron chi connectivity index (χ0n) is 11.1. The van der Waals surface area contributed by atoms with Crippen molar-refractivity contribution in [2.75, 3.05) is 13.7 Å². The van der Waals surface area contributed by atoms with Crippen molar-refractivity contribution in [3.63, 3.8) is 0 Å². The summed E-state index contributed by atoms with van der Waals surface area (Å²) in [7, 11) is 1.76. The maximum absolute atomic E-state index is 5.55. The summed E-state index contributed by atoms with van der Waals surface area (Å²) < 4.78 is 6.67. The van der Waals surface area contributed by atoms with Gasteiger partial charge in [0.15, 0.2) is 0 Å². The third kappa shape index (κ3) is 2.77. The third-order valence-electron chi connectivity index (χ3n) is 3.83. The second kappa shape index (κ2) is 5.51. The fraction of sp³-hybridized carbons (Fsp3) is 0.375. The molecule has 1 unspecified atom stereocenters. The number of hydrogen-bond donors (Lipinski definition) is 1. The van der Waals surface area contributed by atoms with Crippen LogP contribution in [0.4, 0.5) is 0 Å². The Morgan fingerprint density at radius 1 is 1.26 bits per heavy atom. The largest absolute Gasteiger partial charge is 0.496 e. The highest BCUT2D eigenvalue weighted by Gasteiger charge is 2.17. The van der Waals surface area contributed by atoms with Gasteiger partial charge in [-0.05, 0) is 66.4 Å². The van der Waals surface area contributed by atoms with E-state index >= 15 is 0 Å². The van der Waals surface area contributed by atoms with Crippen molar-refractivity contribution in [3.05, 3.63) is 40.4 Å². The van der Waals surface area contributed by atoms with Crippen LogP contribution in [-0.2, 0) is 6.42 Å². The van der Waals surface area contributed by atoms with Crippen LogP contribution in [0.2, 0.25) is 0 Å². The summed E-state index contributed by atoms with van der Waals surface area (Å²) in [5, 5.41) is 6.04. The number of ether oxygens (including phenoxy) is 1. The lowest BCUT2D eigenvalue weighted by Gasteiger charge is -2.15. The van der Waals surface area contributed by atoms with E-state index in [2.05, 4.69) is 51.6 Å². The summed E-state index contributed by atoms with van der Waals surface area (Å²) in [6.07, 6.45) is 3.59. The fourth-order valence-corrected chi connectivity index (χ4v) is 3.22. The molecule has 100 valence electrons. The SMILES string of the molecule is COc1cc2ccc(Br)cc2cc1CC1CCCN1. The first-order valence-corrected chi connectivity index (χ1v) is 7.55. The zero-order valence-corrected chi connectivity index (χ0v) is 12.7. The lowest BCUT2D eigenvalue weighted by molar-refractivity contribution is 0.407. The van der Waals surface area contributed by atoms with E-state index in [1.54, 1.807) is 7.11 Å². The Balaban J connectivity index is 2.00. The van der Waals surface area contributed by atoms with Gasteiger partial charge in [-0.1, -0.05) is 22.0 Å². The van der Waals surface area contributed by atoms with Crippen molar-refractivity contribution in [2.24, 2.45) is 0 Å². The van der Waals surface area contributed by atoms with E-state index in [4.69, 9.17) is 4.74 Å². The molecule has 3 heteroatoms. The van der Waals surface area contributed by atoms with Gasteiger partial charge in [-0.15, -0.1) is 0 Å². The van der Waals surface area contributed by atoms with Crippen LogP contribution in [0.1, 0.15) is 18.4 Å². The number of halogens is 1. The highest BCUT2D eigenvalue weighted by molar-refractivity contribution is 9.10. The van der Waals surface area contributed by atoms with Crippen LogP contribution in [0.15, 0.2) is 34.8 Å². The predicted molar refractivity (Wildman–Crippen MR) is 82.9 cm³/mol. The standard InChI is InChI=1S/C16H18BrNO/c1-19-16-10-11-4-5-14(17)8-12(11)7-13(16)9-15-3-2-6-18-15/h4-5,7-8,10,15,18H,2-3,6,9H2,1H3. The molecule has 0 aliphatic carbocycles. The summed E-state index contributed by atoms with van der Waals surface area (Å²) in [5.74, 6) is 1.00. The van der Waals surface area contributed by atoms with E-state index in [-0.39, 0.29) is 0 Å². The zero-order chi connectivity index (χ0) is 13.2. The molecular weight excluding hydrogens is 302 g/mol. The van der Waals surface area contributed by atoms with Crippen LogP contribution in [0.3, 0.4) is 0 Å². The number of methoxy groups -OCH3 is 1. The molecule has 0 bridgehead atoms. The van der Waals surface area contributed by atoms with Crippen LogP contribution in [0.25, 0.3) is 10.8 Å². The smallest absolute Gasteiger partial charge is 0.122 e. The van der Waals surface area contributed by atoms with E-state index in [1.807, 2.05) is 0 Å². The van der Waals surface area contributed by atoms with Gasteiger partial charge in [-0.2, -0.15) is 0 Å². The highest BCUT2D eigenvalue weighted by atomic mass is 79.9. The van der Waals surface area contributed by atoms with Crippen molar-refractivity contribution in [1.29, 1.82) is 0 Å². The molecule has 1 heterocycles. The second-order valence-electron chi connectivity index (χ2n) is 5.15. The minimum atomic E-state index is 0.596. The molecule has 2 nitrogen and oxygen atoms in total. The molecule has 3 rings (SSSR count). The van der Waals surface area contributed by atoms with Crippen LogP contribution < -0.4 is 10.1 Å². The first kappa shape index (κ1) is 12.9. The van der Waals surface area contributed by atoms with Gasteiger partial charge in [0, 0.05) is 10.5 Å². The monoisotopic (exact) mass is 319 g/mol. The lowest BCUT2D eigenvalue weighted by atomic mass is 9.99. The maximum atomic E-state index is 5.55. The Morgan fingerprint density at radius 3 is 2.89 bits per heavy atom. The van der Waals surface area contributed by atoms with E-state index < -0.39 is 0 Å². The molecule has 1 aliphatic rings. The topological polar surface area (TPSA) is 21.3 Å². The Labute approximate surface area is 122 Å². The molecule has 2 aromatic carbocycles. The average Bonchev–Trinajstić information content (AvgIpc) is 2.91. The number of rotatable bonds is 3. The van der Waals surface area contributed by atoms with Crippen LogP contribution in [0, 0.1) is 0 Å². The fourth-order valence-electron chi connectivity index (χ4n) is 2.84. The van der Waals surface area contributed by atoms with Crippen molar-refractivity contribution in [2.45, 2.75) is 25.3 Å². The van der Waals surface area contributed by atoms with Crippen molar-refractivity contribution < 1.29 is 4.74 Å². The quantitative estimate of drug-likeness (QED) is 0.926. The summed E-state index contributed by atoms with van der Waals surface area (Å²) in [6.45, 7) is 1.14. The molecule has 19 heavy (non-hydrogen) atoms. The Hall–Kier alpha value is -1.06. The minimum absolute atomic E-state index is 0.596. The van der Waals surface area contributed by atoms with Gasteiger partial charge in [0.1, 0.15) is 5.75 Å². The average molecular weight is 320 g/mol. The molecule has 0 saturated carbocycles.